The first kappa shape index (κ1) is 22.3. The van der Waals surface area contributed by atoms with Crippen LogP contribution in [-0.4, -0.2) is 40.5 Å². The summed E-state index contributed by atoms with van der Waals surface area (Å²) in [5.41, 5.74) is 4.87. The normalized spacial score (nSPS) is 10.7. The molecule has 0 saturated heterocycles. The molecule has 0 fully saturated rings. The lowest BCUT2D eigenvalue weighted by Crippen LogP contribution is -2.01. The molecule has 0 N–H and O–H groups in total. The van der Waals surface area contributed by atoms with Gasteiger partial charge in [-0.3, -0.25) is 4.98 Å². The zero-order valence-electron chi connectivity index (χ0n) is 19.5. The number of pyridine rings is 1. The minimum Gasteiger partial charge on any atom is -0.497 e. The van der Waals surface area contributed by atoms with Gasteiger partial charge in [-0.25, -0.2) is 0 Å². The molecule has 0 unspecified atom stereocenters. The van der Waals surface area contributed by atoms with Crippen LogP contribution in [0.5, 0.6) is 28.7 Å². The molecule has 0 bridgehead atoms. The number of fused-ring (bicyclic) bond motifs is 1. The molecule has 0 radical (unpaired) electrons. The van der Waals surface area contributed by atoms with E-state index < -0.39 is 0 Å². The molecule has 0 saturated carbocycles. The predicted molar refractivity (Wildman–Crippen MR) is 129 cm³/mol. The number of benzene rings is 3. The topological polar surface area (TPSA) is 59.0 Å². The van der Waals surface area contributed by atoms with Crippen LogP contribution in [0.15, 0.2) is 60.7 Å². The van der Waals surface area contributed by atoms with E-state index in [1.165, 1.54) is 0 Å². The van der Waals surface area contributed by atoms with Gasteiger partial charge in [-0.05, 0) is 41.5 Å². The summed E-state index contributed by atoms with van der Waals surface area (Å²) in [5, 5.41) is 0.847. The van der Waals surface area contributed by atoms with Gasteiger partial charge in [-0.1, -0.05) is 24.3 Å². The van der Waals surface area contributed by atoms with Gasteiger partial charge in [0.15, 0.2) is 11.5 Å². The lowest BCUT2D eigenvalue weighted by molar-refractivity contribution is 0.327. The van der Waals surface area contributed by atoms with Crippen LogP contribution in [0.1, 0.15) is 11.3 Å². The monoisotopic (exact) mass is 445 g/mol. The van der Waals surface area contributed by atoms with Crippen molar-refractivity contribution in [2.75, 3.05) is 35.5 Å². The van der Waals surface area contributed by atoms with E-state index in [0.29, 0.717) is 23.7 Å². The average molecular weight is 446 g/mol. The molecule has 33 heavy (non-hydrogen) atoms. The minimum atomic E-state index is 0.540. The molecule has 4 aromatic rings. The smallest absolute Gasteiger partial charge is 0.204 e. The number of methoxy groups -OCH3 is 5. The van der Waals surface area contributed by atoms with Crippen molar-refractivity contribution in [3.8, 4) is 39.9 Å². The summed E-state index contributed by atoms with van der Waals surface area (Å²) >= 11 is 0. The molecular formula is C27H27NO5. The summed E-state index contributed by atoms with van der Waals surface area (Å²) in [5.74, 6) is 3.32. The Labute approximate surface area is 193 Å². The second-order valence-corrected chi connectivity index (χ2v) is 7.45. The fraction of sp³-hybridized carbons (Fsp3) is 0.222. The first-order chi connectivity index (χ1) is 16.1. The van der Waals surface area contributed by atoms with Gasteiger partial charge in [0.05, 0.1) is 46.8 Å². The molecule has 1 heterocycles. The third-order valence-electron chi connectivity index (χ3n) is 5.63. The van der Waals surface area contributed by atoms with Crippen molar-refractivity contribution in [1.82, 2.24) is 4.98 Å². The van der Waals surface area contributed by atoms with Gasteiger partial charge in [0.2, 0.25) is 5.75 Å². The van der Waals surface area contributed by atoms with Crippen LogP contribution in [0.2, 0.25) is 0 Å². The van der Waals surface area contributed by atoms with E-state index in [2.05, 4.69) is 18.2 Å². The maximum Gasteiger partial charge on any atom is 0.204 e. The van der Waals surface area contributed by atoms with Crippen molar-refractivity contribution in [1.29, 1.82) is 0 Å². The Morgan fingerprint density at radius 3 is 1.79 bits per heavy atom. The number of hydrogen-bond donors (Lipinski definition) is 0. The van der Waals surface area contributed by atoms with Crippen molar-refractivity contribution in [3.05, 3.63) is 71.9 Å². The van der Waals surface area contributed by atoms with E-state index in [9.17, 15) is 0 Å². The Kier molecular flexibility index (Phi) is 6.54. The molecule has 6 nitrogen and oxygen atoms in total. The van der Waals surface area contributed by atoms with Crippen molar-refractivity contribution < 1.29 is 23.7 Å². The van der Waals surface area contributed by atoms with E-state index in [4.69, 9.17) is 28.7 Å². The summed E-state index contributed by atoms with van der Waals surface area (Å²) < 4.78 is 27.5. The molecule has 1 aromatic heterocycles. The highest BCUT2D eigenvalue weighted by Gasteiger charge is 2.20. The van der Waals surface area contributed by atoms with Crippen LogP contribution in [0.25, 0.3) is 22.0 Å². The lowest BCUT2D eigenvalue weighted by Gasteiger charge is -2.17. The Balaban J connectivity index is 1.93. The fourth-order valence-electron chi connectivity index (χ4n) is 3.92. The van der Waals surface area contributed by atoms with Gasteiger partial charge in [0.1, 0.15) is 11.5 Å². The molecule has 0 amide bonds. The highest BCUT2D eigenvalue weighted by Crippen LogP contribution is 2.44. The summed E-state index contributed by atoms with van der Waals surface area (Å²) in [6.45, 7) is 0. The van der Waals surface area contributed by atoms with E-state index in [1.807, 2.05) is 42.5 Å². The molecule has 6 heteroatoms. The first-order valence-corrected chi connectivity index (χ1v) is 10.5. The van der Waals surface area contributed by atoms with Crippen LogP contribution in [0.4, 0.5) is 0 Å². The number of rotatable bonds is 8. The molecule has 0 aliphatic carbocycles. The summed E-state index contributed by atoms with van der Waals surface area (Å²) in [4.78, 5) is 5.05. The van der Waals surface area contributed by atoms with Crippen molar-refractivity contribution in [2.45, 2.75) is 6.42 Å². The van der Waals surface area contributed by atoms with Crippen molar-refractivity contribution >= 4 is 10.9 Å². The number of ether oxygens (including phenoxy) is 5. The largest absolute Gasteiger partial charge is 0.497 e. The first-order valence-electron chi connectivity index (χ1n) is 10.5. The second-order valence-electron chi connectivity index (χ2n) is 7.45. The second kappa shape index (κ2) is 9.69. The Bertz CT molecular complexity index is 1250. The van der Waals surface area contributed by atoms with Gasteiger partial charge in [0.25, 0.3) is 0 Å². The van der Waals surface area contributed by atoms with Gasteiger partial charge >= 0.3 is 0 Å². The standard InChI is InChI=1S/C27H27NO5/c1-29-19-10-6-17(7-11-19)14-23-21(18-8-12-20(30-2)13-9-18)15-22-24(28-23)16-25(31-3)27(33-5)26(22)32-4/h6-13,15-16H,14H2,1-5H3. The van der Waals surface area contributed by atoms with E-state index >= 15 is 0 Å². The highest BCUT2D eigenvalue weighted by atomic mass is 16.5. The van der Waals surface area contributed by atoms with Gasteiger partial charge < -0.3 is 23.7 Å². The van der Waals surface area contributed by atoms with Crippen LogP contribution in [0.3, 0.4) is 0 Å². The van der Waals surface area contributed by atoms with Crippen LogP contribution in [-0.2, 0) is 6.42 Å². The summed E-state index contributed by atoms with van der Waals surface area (Å²) in [7, 11) is 8.15. The fourth-order valence-corrected chi connectivity index (χ4v) is 3.92. The summed E-state index contributed by atoms with van der Waals surface area (Å²) in [6.07, 6.45) is 0.651. The SMILES string of the molecule is COc1ccc(Cc2nc3cc(OC)c(OC)c(OC)c3cc2-c2ccc(OC)cc2)cc1. The van der Waals surface area contributed by atoms with Crippen LogP contribution >= 0.6 is 0 Å². The zero-order chi connectivity index (χ0) is 23.4. The van der Waals surface area contributed by atoms with E-state index in [-0.39, 0.29) is 0 Å². The predicted octanol–water partition coefficient (Wildman–Crippen LogP) is 5.54. The van der Waals surface area contributed by atoms with Crippen LogP contribution in [0, 0.1) is 0 Å². The van der Waals surface area contributed by atoms with E-state index in [0.717, 1.165) is 44.8 Å². The van der Waals surface area contributed by atoms with Crippen molar-refractivity contribution in [2.24, 2.45) is 0 Å². The number of aromatic nitrogens is 1. The maximum atomic E-state index is 5.72. The molecule has 0 spiro atoms. The lowest BCUT2D eigenvalue weighted by atomic mass is 9.97. The summed E-state index contributed by atoms with van der Waals surface area (Å²) in [6, 6.07) is 20.0. The van der Waals surface area contributed by atoms with Crippen LogP contribution < -0.4 is 23.7 Å². The van der Waals surface area contributed by atoms with Gasteiger partial charge in [0, 0.05) is 23.4 Å². The van der Waals surface area contributed by atoms with Gasteiger partial charge in [-0.2, -0.15) is 0 Å². The third kappa shape index (κ3) is 4.37. The van der Waals surface area contributed by atoms with Crippen molar-refractivity contribution in [3.63, 3.8) is 0 Å². The molecule has 0 aliphatic heterocycles. The molecule has 0 aliphatic rings. The Morgan fingerprint density at radius 1 is 0.636 bits per heavy atom. The number of hydrogen-bond acceptors (Lipinski definition) is 6. The Morgan fingerprint density at radius 2 is 1.24 bits per heavy atom. The molecule has 0 atom stereocenters. The minimum absolute atomic E-state index is 0.540. The number of nitrogens with zero attached hydrogens (tertiary/aromatic N) is 1. The zero-order valence-corrected chi connectivity index (χ0v) is 19.5. The Hall–Kier alpha value is -3.93. The third-order valence-corrected chi connectivity index (χ3v) is 5.63. The van der Waals surface area contributed by atoms with E-state index in [1.54, 1.807) is 35.5 Å². The molecule has 3 aromatic carbocycles. The molecule has 170 valence electrons. The average Bonchev–Trinajstić information content (AvgIpc) is 2.87. The molecular weight excluding hydrogens is 418 g/mol. The quantitative estimate of drug-likeness (QED) is 0.355. The maximum absolute atomic E-state index is 5.72. The molecule has 4 rings (SSSR count). The van der Waals surface area contributed by atoms with Gasteiger partial charge in [-0.15, -0.1) is 0 Å². The highest BCUT2D eigenvalue weighted by molar-refractivity contribution is 5.94.